The van der Waals surface area contributed by atoms with E-state index < -0.39 is 18.4 Å². The van der Waals surface area contributed by atoms with Crippen LogP contribution in [0.1, 0.15) is 0 Å². The Bertz CT molecular complexity index is 749. The normalized spacial score (nSPS) is 11.4. The molecule has 0 fully saturated rings. The first kappa shape index (κ1) is 15.0. The molecular formula is C16H17N5Sn. The van der Waals surface area contributed by atoms with Gasteiger partial charge >= 0.3 is 134 Å². The quantitative estimate of drug-likeness (QED) is 0.635. The van der Waals surface area contributed by atoms with Crippen molar-refractivity contribution in [3.8, 4) is 22.9 Å². The van der Waals surface area contributed by atoms with Crippen LogP contribution in [0.25, 0.3) is 22.9 Å². The molecule has 0 aliphatic rings. The summed E-state index contributed by atoms with van der Waals surface area (Å²) in [6, 6.07) is 14.0. The number of nitrogens with zero attached hydrogens (tertiary/aromatic N) is 5. The number of rotatable bonds is 3. The van der Waals surface area contributed by atoms with Crippen molar-refractivity contribution in [1.82, 2.24) is 25.4 Å². The minimum atomic E-state index is -2.01. The zero-order valence-corrected chi connectivity index (χ0v) is 15.7. The van der Waals surface area contributed by atoms with E-state index in [1.165, 1.54) is 3.58 Å². The molecule has 22 heavy (non-hydrogen) atoms. The molecule has 0 N–H and O–H groups in total. The van der Waals surface area contributed by atoms with Gasteiger partial charge < -0.3 is 0 Å². The summed E-state index contributed by atoms with van der Waals surface area (Å²) >= 11 is -2.01. The molecule has 0 bridgehead atoms. The summed E-state index contributed by atoms with van der Waals surface area (Å²) in [4.78, 5) is 11.4. The molecule has 0 radical (unpaired) electrons. The fourth-order valence-electron chi connectivity index (χ4n) is 2.06. The Hall–Kier alpha value is -1.89. The van der Waals surface area contributed by atoms with Gasteiger partial charge in [0.2, 0.25) is 0 Å². The van der Waals surface area contributed by atoms with E-state index in [1.807, 2.05) is 18.2 Å². The van der Waals surface area contributed by atoms with Crippen molar-refractivity contribution >= 4 is 22.0 Å². The molecule has 0 saturated heterocycles. The molecule has 2 aromatic heterocycles. The average Bonchev–Trinajstić information content (AvgIpc) is 2.55. The molecule has 0 unspecified atom stereocenters. The number of aromatic nitrogens is 5. The summed E-state index contributed by atoms with van der Waals surface area (Å²) in [6.07, 6.45) is 1.70. The van der Waals surface area contributed by atoms with E-state index in [9.17, 15) is 0 Å². The van der Waals surface area contributed by atoms with Gasteiger partial charge in [0.15, 0.2) is 0 Å². The molecule has 6 heteroatoms. The van der Waals surface area contributed by atoms with Gasteiger partial charge in [0.1, 0.15) is 0 Å². The second-order valence-electron chi connectivity index (χ2n) is 6.09. The van der Waals surface area contributed by atoms with Gasteiger partial charge in [0, 0.05) is 0 Å². The predicted molar refractivity (Wildman–Crippen MR) is 89.3 cm³/mol. The van der Waals surface area contributed by atoms with Crippen LogP contribution < -0.4 is 3.58 Å². The Morgan fingerprint density at radius 2 is 1.36 bits per heavy atom. The van der Waals surface area contributed by atoms with Crippen LogP contribution in [0.15, 0.2) is 48.7 Å². The number of hydrogen-bond acceptors (Lipinski definition) is 5. The Morgan fingerprint density at radius 1 is 0.727 bits per heavy atom. The van der Waals surface area contributed by atoms with Crippen LogP contribution in [0.4, 0.5) is 0 Å². The van der Waals surface area contributed by atoms with Gasteiger partial charge in [-0.25, -0.2) is 0 Å². The summed E-state index contributed by atoms with van der Waals surface area (Å²) in [5.74, 6) is 0.974. The maximum absolute atomic E-state index is 4.19. The van der Waals surface area contributed by atoms with Crippen molar-refractivity contribution < 1.29 is 0 Å². The molecule has 1 aromatic carbocycles. The number of pyridine rings is 1. The van der Waals surface area contributed by atoms with Crippen molar-refractivity contribution in [2.24, 2.45) is 0 Å². The van der Waals surface area contributed by atoms with Crippen LogP contribution in [0, 0.1) is 0 Å². The Morgan fingerprint density at radius 3 is 1.91 bits per heavy atom. The summed E-state index contributed by atoms with van der Waals surface area (Å²) in [7, 11) is 0. The third-order valence-electron chi connectivity index (χ3n) is 3.38. The van der Waals surface area contributed by atoms with E-state index in [1.54, 1.807) is 6.20 Å². The zero-order chi connectivity index (χ0) is 15.6. The van der Waals surface area contributed by atoms with Crippen molar-refractivity contribution in [2.45, 2.75) is 14.8 Å². The third kappa shape index (κ3) is 3.29. The summed E-state index contributed by atoms with van der Waals surface area (Å²) < 4.78 is 1.48. The fraction of sp³-hybridized carbons (Fsp3) is 0.188. The number of hydrogen-bond donors (Lipinski definition) is 0. The van der Waals surface area contributed by atoms with Crippen LogP contribution in [0.2, 0.25) is 14.8 Å². The topological polar surface area (TPSA) is 64.5 Å². The summed E-state index contributed by atoms with van der Waals surface area (Å²) in [6.45, 7) is 0. The Labute approximate surface area is 133 Å². The maximum atomic E-state index is 4.19. The van der Waals surface area contributed by atoms with Gasteiger partial charge in [-0.1, -0.05) is 0 Å². The van der Waals surface area contributed by atoms with E-state index in [-0.39, 0.29) is 0 Å². The molecule has 0 spiro atoms. The monoisotopic (exact) mass is 399 g/mol. The van der Waals surface area contributed by atoms with E-state index >= 15 is 0 Å². The standard InChI is InChI=1S/C13H8N5.3CH3.Sn/c1-2-6-10(7-3-1)12-15-17-13(18-16-12)11-8-4-5-9-14-11;;;;/h2-9H;3*1H3;. The molecule has 0 saturated carbocycles. The molecule has 0 atom stereocenters. The zero-order valence-electron chi connectivity index (χ0n) is 12.9. The second kappa shape index (κ2) is 6.08. The Kier molecular flexibility index (Phi) is 4.15. The molecule has 0 amide bonds. The van der Waals surface area contributed by atoms with Crippen LogP contribution in [-0.2, 0) is 0 Å². The SMILES string of the molecule is [CH3][Sn]([CH3])([CH3])[c]1ccc(-c2nnc(-c3ccccn3)nn2)cc1. The van der Waals surface area contributed by atoms with E-state index in [0.717, 1.165) is 5.56 Å². The first-order valence-corrected chi connectivity index (χ1v) is 17.1. The molecule has 3 rings (SSSR count). The predicted octanol–water partition coefficient (Wildman–Crippen LogP) is 2.54. The van der Waals surface area contributed by atoms with Gasteiger partial charge in [-0.15, -0.1) is 0 Å². The summed E-state index contributed by atoms with van der Waals surface area (Å²) in [5, 5.41) is 16.6. The van der Waals surface area contributed by atoms with E-state index in [2.05, 4.69) is 64.5 Å². The molecular weight excluding hydrogens is 381 g/mol. The van der Waals surface area contributed by atoms with Crippen LogP contribution >= 0.6 is 0 Å². The van der Waals surface area contributed by atoms with E-state index in [0.29, 0.717) is 17.3 Å². The van der Waals surface area contributed by atoms with Crippen LogP contribution in [0.5, 0.6) is 0 Å². The molecule has 5 nitrogen and oxygen atoms in total. The first-order chi connectivity index (χ1) is 10.5. The van der Waals surface area contributed by atoms with Gasteiger partial charge in [-0.2, -0.15) is 0 Å². The molecule has 0 aliphatic heterocycles. The van der Waals surface area contributed by atoms with Crippen molar-refractivity contribution in [2.75, 3.05) is 0 Å². The van der Waals surface area contributed by atoms with Crippen molar-refractivity contribution in [3.05, 3.63) is 48.7 Å². The molecule has 3 aromatic rings. The van der Waals surface area contributed by atoms with E-state index in [4.69, 9.17) is 0 Å². The molecule has 110 valence electrons. The minimum absolute atomic E-state index is 0.437. The third-order valence-corrected chi connectivity index (χ3v) is 9.28. The average molecular weight is 398 g/mol. The van der Waals surface area contributed by atoms with Crippen molar-refractivity contribution in [1.29, 1.82) is 0 Å². The second-order valence-corrected chi connectivity index (χ2v) is 20.6. The van der Waals surface area contributed by atoms with Crippen LogP contribution in [-0.4, -0.2) is 43.8 Å². The van der Waals surface area contributed by atoms with Gasteiger partial charge in [0.25, 0.3) is 0 Å². The van der Waals surface area contributed by atoms with Crippen LogP contribution in [0.3, 0.4) is 0 Å². The molecule has 2 heterocycles. The Balaban J connectivity index is 1.87. The van der Waals surface area contributed by atoms with Gasteiger partial charge in [-0.05, 0) is 0 Å². The summed E-state index contributed by atoms with van der Waals surface area (Å²) in [5.41, 5.74) is 1.61. The molecule has 0 aliphatic carbocycles. The van der Waals surface area contributed by atoms with Gasteiger partial charge in [0.05, 0.1) is 0 Å². The first-order valence-electron chi connectivity index (χ1n) is 7.14. The number of benzene rings is 1. The van der Waals surface area contributed by atoms with Gasteiger partial charge in [-0.3, -0.25) is 0 Å². The van der Waals surface area contributed by atoms with Crippen molar-refractivity contribution in [3.63, 3.8) is 0 Å². The fourth-order valence-corrected chi connectivity index (χ4v) is 5.39.